The van der Waals surface area contributed by atoms with Gasteiger partial charge in [-0.05, 0) is 53.9 Å². The highest BCUT2D eigenvalue weighted by molar-refractivity contribution is 6.12. The number of aromatic hydroxyl groups is 1. The summed E-state index contributed by atoms with van der Waals surface area (Å²) in [5, 5.41) is 9.76. The van der Waals surface area contributed by atoms with Gasteiger partial charge in [0.05, 0.1) is 12.0 Å². The molecule has 1 amide bonds. The van der Waals surface area contributed by atoms with E-state index in [1.54, 1.807) is 30.4 Å². The molecular formula is C33H36N2O5. The van der Waals surface area contributed by atoms with Crippen LogP contribution in [-0.2, 0) is 17.6 Å². The fraction of sp³-hybridized carbons (Fsp3) is 0.273. The number of rotatable bonds is 12. The molecule has 1 aliphatic heterocycles. The second kappa shape index (κ2) is 13.5. The largest absolute Gasteiger partial charge is 0.508 e. The number of amides is 1. The zero-order valence-corrected chi connectivity index (χ0v) is 23.0. The molecule has 40 heavy (non-hydrogen) atoms. The maximum absolute atomic E-state index is 13.9. The molecule has 1 N–H and O–H groups in total. The lowest BCUT2D eigenvalue weighted by Gasteiger charge is -2.36. The van der Waals surface area contributed by atoms with Crippen molar-refractivity contribution in [3.05, 3.63) is 108 Å². The summed E-state index contributed by atoms with van der Waals surface area (Å²) in [5.41, 5.74) is 3.23. The number of para-hydroxylation sites is 1. The SMILES string of the molecule is C=CCOc1cc(OCC=C)c(C(=O)c2ccc(O)cc2)c(CC(=O)N2CCN(c3ccccc3)CC2)c1CC. The smallest absolute Gasteiger partial charge is 0.227 e. The molecule has 1 heterocycles. The number of phenolic OH excluding ortho intramolecular Hbond substituents is 1. The minimum Gasteiger partial charge on any atom is -0.508 e. The van der Waals surface area contributed by atoms with Crippen molar-refractivity contribution in [2.45, 2.75) is 19.8 Å². The Kier molecular flexibility index (Phi) is 9.62. The summed E-state index contributed by atoms with van der Waals surface area (Å²) in [6, 6.07) is 18.0. The van der Waals surface area contributed by atoms with E-state index >= 15 is 0 Å². The van der Waals surface area contributed by atoms with Crippen molar-refractivity contribution >= 4 is 17.4 Å². The third kappa shape index (κ3) is 6.54. The molecule has 0 atom stereocenters. The zero-order chi connectivity index (χ0) is 28.5. The quantitative estimate of drug-likeness (QED) is 0.251. The fourth-order valence-corrected chi connectivity index (χ4v) is 4.97. The van der Waals surface area contributed by atoms with E-state index in [1.807, 2.05) is 30.0 Å². The molecule has 7 nitrogen and oxygen atoms in total. The van der Waals surface area contributed by atoms with Crippen LogP contribution >= 0.6 is 0 Å². The Balaban J connectivity index is 1.71. The first-order valence-electron chi connectivity index (χ1n) is 13.5. The van der Waals surface area contributed by atoms with Crippen LogP contribution in [0.1, 0.15) is 34.0 Å². The molecule has 0 spiro atoms. The number of phenols is 1. The summed E-state index contributed by atoms with van der Waals surface area (Å²) in [6.45, 7) is 12.5. The van der Waals surface area contributed by atoms with E-state index in [1.165, 1.54) is 12.1 Å². The molecule has 0 aromatic heterocycles. The van der Waals surface area contributed by atoms with E-state index < -0.39 is 0 Å². The molecule has 7 heteroatoms. The number of benzene rings is 3. The van der Waals surface area contributed by atoms with Crippen LogP contribution in [0.3, 0.4) is 0 Å². The molecule has 4 rings (SSSR count). The van der Waals surface area contributed by atoms with Gasteiger partial charge in [-0.2, -0.15) is 0 Å². The Morgan fingerprint density at radius 3 is 2.10 bits per heavy atom. The molecule has 1 saturated heterocycles. The van der Waals surface area contributed by atoms with Gasteiger partial charge < -0.3 is 24.4 Å². The highest BCUT2D eigenvalue weighted by Gasteiger charge is 2.29. The van der Waals surface area contributed by atoms with Crippen LogP contribution in [0, 0.1) is 0 Å². The van der Waals surface area contributed by atoms with Crippen LogP contribution in [-0.4, -0.2) is 61.1 Å². The normalized spacial score (nSPS) is 13.0. The van der Waals surface area contributed by atoms with E-state index in [2.05, 4.69) is 30.2 Å². The first-order valence-corrected chi connectivity index (χ1v) is 13.5. The maximum Gasteiger partial charge on any atom is 0.227 e. The van der Waals surface area contributed by atoms with Crippen molar-refractivity contribution in [1.29, 1.82) is 0 Å². The van der Waals surface area contributed by atoms with Crippen LogP contribution in [0.15, 0.2) is 86.0 Å². The summed E-state index contributed by atoms with van der Waals surface area (Å²) in [7, 11) is 0. The van der Waals surface area contributed by atoms with Gasteiger partial charge in [-0.25, -0.2) is 0 Å². The standard InChI is InChI=1S/C33H36N2O5/c1-4-20-39-29-23-30(40-21-5-2)32(33(38)24-12-14-26(36)15-13-24)28(27(29)6-3)22-31(37)35-18-16-34(17-19-35)25-10-8-7-9-11-25/h4-5,7-15,23,36H,1-2,6,16-22H2,3H3. The third-order valence-electron chi connectivity index (χ3n) is 6.98. The number of anilines is 1. The van der Waals surface area contributed by atoms with Crippen molar-refractivity contribution in [1.82, 2.24) is 4.90 Å². The summed E-state index contributed by atoms with van der Waals surface area (Å²) in [5.74, 6) is 0.594. The number of carbonyl (C=O) groups excluding carboxylic acids is 2. The minimum atomic E-state index is -0.291. The van der Waals surface area contributed by atoms with Crippen LogP contribution in [0.5, 0.6) is 17.2 Å². The Morgan fingerprint density at radius 1 is 0.875 bits per heavy atom. The van der Waals surface area contributed by atoms with Gasteiger partial charge in [0, 0.05) is 43.5 Å². The number of hydrogen-bond acceptors (Lipinski definition) is 6. The number of carbonyl (C=O) groups is 2. The maximum atomic E-state index is 13.9. The fourth-order valence-electron chi connectivity index (χ4n) is 4.97. The van der Waals surface area contributed by atoms with Crippen molar-refractivity contribution in [3.63, 3.8) is 0 Å². The molecule has 0 unspecified atom stereocenters. The molecular weight excluding hydrogens is 504 g/mol. The Bertz CT molecular complexity index is 1340. The molecule has 0 aliphatic carbocycles. The van der Waals surface area contributed by atoms with Gasteiger partial charge in [0.15, 0.2) is 5.78 Å². The highest BCUT2D eigenvalue weighted by atomic mass is 16.5. The Labute approximate surface area is 235 Å². The number of nitrogens with zero attached hydrogens (tertiary/aromatic N) is 2. The van der Waals surface area contributed by atoms with Gasteiger partial charge in [-0.3, -0.25) is 9.59 Å². The lowest BCUT2D eigenvalue weighted by atomic mass is 9.89. The zero-order valence-electron chi connectivity index (χ0n) is 23.0. The molecule has 1 fully saturated rings. The predicted molar refractivity (Wildman–Crippen MR) is 158 cm³/mol. The second-order valence-electron chi connectivity index (χ2n) is 9.51. The van der Waals surface area contributed by atoms with Crippen molar-refractivity contribution in [2.75, 3.05) is 44.3 Å². The van der Waals surface area contributed by atoms with E-state index in [4.69, 9.17) is 9.47 Å². The molecule has 1 aliphatic rings. The monoisotopic (exact) mass is 540 g/mol. The number of ether oxygens (including phenoxy) is 2. The topological polar surface area (TPSA) is 79.3 Å². The van der Waals surface area contributed by atoms with Crippen LogP contribution in [0.2, 0.25) is 0 Å². The summed E-state index contributed by atoms with van der Waals surface area (Å²) < 4.78 is 12.0. The van der Waals surface area contributed by atoms with E-state index in [0.717, 1.165) is 24.3 Å². The van der Waals surface area contributed by atoms with E-state index in [-0.39, 0.29) is 37.1 Å². The summed E-state index contributed by atoms with van der Waals surface area (Å²) >= 11 is 0. The van der Waals surface area contributed by atoms with Gasteiger partial charge in [-0.1, -0.05) is 50.4 Å². The molecule has 0 bridgehead atoms. The number of ketones is 1. The molecule has 0 saturated carbocycles. The first-order chi connectivity index (χ1) is 19.5. The third-order valence-corrected chi connectivity index (χ3v) is 6.98. The predicted octanol–water partition coefficient (Wildman–Crippen LogP) is 5.21. The molecule has 3 aromatic carbocycles. The van der Waals surface area contributed by atoms with Crippen LogP contribution in [0.4, 0.5) is 5.69 Å². The average Bonchev–Trinajstić information content (AvgIpc) is 2.99. The number of hydrogen-bond donors (Lipinski definition) is 1. The lowest BCUT2D eigenvalue weighted by Crippen LogP contribution is -2.49. The Morgan fingerprint density at radius 2 is 1.50 bits per heavy atom. The van der Waals surface area contributed by atoms with Gasteiger partial charge in [0.2, 0.25) is 5.91 Å². The van der Waals surface area contributed by atoms with Crippen molar-refractivity contribution in [2.24, 2.45) is 0 Å². The second-order valence-corrected chi connectivity index (χ2v) is 9.51. The van der Waals surface area contributed by atoms with Gasteiger partial charge in [0.25, 0.3) is 0 Å². The summed E-state index contributed by atoms with van der Waals surface area (Å²) in [6.07, 6.45) is 3.83. The van der Waals surface area contributed by atoms with Crippen molar-refractivity contribution in [3.8, 4) is 17.2 Å². The van der Waals surface area contributed by atoms with E-state index in [9.17, 15) is 14.7 Å². The number of piperazine rings is 1. The van der Waals surface area contributed by atoms with Gasteiger partial charge in [0.1, 0.15) is 30.5 Å². The summed E-state index contributed by atoms with van der Waals surface area (Å²) in [4.78, 5) is 31.8. The first kappa shape index (κ1) is 28.5. The van der Waals surface area contributed by atoms with Crippen LogP contribution < -0.4 is 14.4 Å². The highest BCUT2D eigenvalue weighted by Crippen LogP contribution is 2.37. The molecule has 0 radical (unpaired) electrons. The minimum absolute atomic E-state index is 0.0312. The lowest BCUT2D eigenvalue weighted by molar-refractivity contribution is -0.130. The molecule has 3 aromatic rings. The molecule has 208 valence electrons. The Hall–Kier alpha value is -4.52. The van der Waals surface area contributed by atoms with E-state index in [0.29, 0.717) is 47.7 Å². The average molecular weight is 541 g/mol. The van der Waals surface area contributed by atoms with Gasteiger partial charge >= 0.3 is 0 Å². The van der Waals surface area contributed by atoms with Crippen molar-refractivity contribution < 1.29 is 24.2 Å². The van der Waals surface area contributed by atoms with Gasteiger partial charge in [-0.15, -0.1) is 0 Å². The van der Waals surface area contributed by atoms with Crippen LogP contribution in [0.25, 0.3) is 0 Å².